The van der Waals surface area contributed by atoms with Crippen LogP contribution in [0.25, 0.3) is 0 Å². The number of nitrogens with two attached hydrogens (primary N) is 1. The molecule has 110 valence electrons. The molecule has 0 aromatic heterocycles. The van der Waals surface area contributed by atoms with E-state index in [0.717, 1.165) is 6.42 Å². The van der Waals surface area contributed by atoms with E-state index in [1.54, 1.807) is 12.1 Å². The summed E-state index contributed by atoms with van der Waals surface area (Å²) in [6.45, 7) is 2.95. The number of nitrogens with one attached hydrogen (secondary N) is 1. The molecule has 2 rings (SSSR count). The first-order valence-corrected chi connectivity index (χ1v) is 8.00. The summed E-state index contributed by atoms with van der Waals surface area (Å²) in [5.41, 5.74) is 0.895. The Kier molecular flexibility index (Phi) is 4.42. The van der Waals surface area contributed by atoms with Crippen LogP contribution in [0.2, 0.25) is 0 Å². The van der Waals surface area contributed by atoms with Gasteiger partial charge in [0.2, 0.25) is 10.0 Å². The smallest absolute Gasteiger partial charge is 0.251 e. The van der Waals surface area contributed by atoms with Crippen molar-refractivity contribution in [2.75, 3.05) is 13.2 Å². The molecule has 1 aromatic rings. The molecule has 20 heavy (non-hydrogen) atoms. The Morgan fingerprint density at radius 3 is 2.80 bits per heavy atom. The van der Waals surface area contributed by atoms with Crippen LogP contribution in [0.15, 0.2) is 23.1 Å². The fourth-order valence-corrected chi connectivity index (χ4v) is 3.04. The Labute approximate surface area is 118 Å². The Morgan fingerprint density at radius 2 is 2.25 bits per heavy atom. The fourth-order valence-electron chi connectivity index (χ4n) is 2.17. The second-order valence-electron chi connectivity index (χ2n) is 4.76. The lowest BCUT2D eigenvalue weighted by Gasteiger charge is -2.12. The van der Waals surface area contributed by atoms with Gasteiger partial charge in [-0.2, -0.15) is 0 Å². The zero-order valence-electron chi connectivity index (χ0n) is 11.3. The number of primary sulfonamides is 1. The lowest BCUT2D eigenvalue weighted by molar-refractivity contribution is 0.0929. The molecule has 3 N–H and O–H groups in total. The highest BCUT2D eigenvalue weighted by Crippen LogP contribution is 2.17. The van der Waals surface area contributed by atoms with Crippen molar-refractivity contribution in [2.45, 2.75) is 30.7 Å². The first-order chi connectivity index (χ1) is 9.41. The first-order valence-electron chi connectivity index (χ1n) is 6.46. The van der Waals surface area contributed by atoms with Crippen molar-refractivity contribution < 1.29 is 17.9 Å². The van der Waals surface area contributed by atoms with E-state index < -0.39 is 10.0 Å². The number of carbonyl (C=O) groups is 1. The topological polar surface area (TPSA) is 98.5 Å². The van der Waals surface area contributed by atoms with Gasteiger partial charge in [-0.1, -0.05) is 13.0 Å². The van der Waals surface area contributed by atoms with E-state index in [9.17, 15) is 13.2 Å². The van der Waals surface area contributed by atoms with Crippen LogP contribution in [0, 0.1) is 0 Å². The lowest BCUT2D eigenvalue weighted by atomic mass is 10.1. The maximum Gasteiger partial charge on any atom is 0.251 e. The summed E-state index contributed by atoms with van der Waals surface area (Å²) in [7, 11) is -3.83. The second-order valence-corrected chi connectivity index (χ2v) is 6.28. The van der Waals surface area contributed by atoms with Gasteiger partial charge in [0.1, 0.15) is 0 Å². The molecule has 0 saturated carbocycles. The summed E-state index contributed by atoms with van der Waals surface area (Å²) in [4.78, 5) is 12.1. The summed E-state index contributed by atoms with van der Waals surface area (Å²) in [6.07, 6.45) is 1.30. The molecule has 1 aliphatic heterocycles. The summed E-state index contributed by atoms with van der Waals surface area (Å²) >= 11 is 0. The fraction of sp³-hybridized carbons (Fsp3) is 0.462. The largest absolute Gasteiger partial charge is 0.379 e. The molecule has 1 amide bonds. The maximum atomic E-state index is 12.1. The second kappa shape index (κ2) is 5.90. The molecule has 7 heteroatoms. The molecule has 1 aliphatic rings. The van der Waals surface area contributed by atoms with Gasteiger partial charge in [-0.25, -0.2) is 13.6 Å². The predicted molar refractivity (Wildman–Crippen MR) is 73.9 cm³/mol. The van der Waals surface area contributed by atoms with Crippen LogP contribution in [-0.4, -0.2) is 33.6 Å². The molecule has 1 fully saturated rings. The van der Waals surface area contributed by atoms with E-state index in [-0.39, 0.29) is 22.4 Å². The number of ether oxygens (including phenoxy) is 1. The summed E-state index contributed by atoms with van der Waals surface area (Å²) in [5, 5.41) is 8.00. The first kappa shape index (κ1) is 15.0. The van der Waals surface area contributed by atoms with Gasteiger partial charge in [0.25, 0.3) is 5.91 Å². The van der Waals surface area contributed by atoms with Gasteiger partial charge in [0.15, 0.2) is 0 Å². The van der Waals surface area contributed by atoms with Crippen LogP contribution >= 0.6 is 0 Å². The van der Waals surface area contributed by atoms with Crippen LogP contribution in [0.3, 0.4) is 0 Å². The minimum atomic E-state index is -3.83. The van der Waals surface area contributed by atoms with Crippen LogP contribution in [0.4, 0.5) is 0 Å². The molecular formula is C13H18N2O4S. The normalized spacial score (nSPS) is 19.0. The van der Waals surface area contributed by atoms with E-state index in [4.69, 9.17) is 9.88 Å². The van der Waals surface area contributed by atoms with Crippen molar-refractivity contribution in [1.29, 1.82) is 0 Å². The zero-order chi connectivity index (χ0) is 14.8. The van der Waals surface area contributed by atoms with Crippen molar-refractivity contribution >= 4 is 15.9 Å². The van der Waals surface area contributed by atoms with Gasteiger partial charge in [0, 0.05) is 12.2 Å². The van der Waals surface area contributed by atoms with Gasteiger partial charge in [-0.15, -0.1) is 0 Å². The van der Waals surface area contributed by atoms with Crippen molar-refractivity contribution in [1.82, 2.24) is 5.32 Å². The third-order valence-corrected chi connectivity index (χ3v) is 4.27. The SMILES string of the molecule is CCc1ccc(C(=O)NC2CCOC2)cc1S(N)(=O)=O. The van der Waals surface area contributed by atoms with Crippen molar-refractivity contribution in [3.63, 3.8) is 0 Å². The monoisotopic (exact) mass is 298 g/mol. The Balaban J connectivity index is 2.26. The quantitative estimate of drug-likeness (QED) is 0.841. The highest BCUT2D eigenvalue weighted by Gasteiger charge is 2.20. The molecule has 0 bridgehead atoms. The van der Waals surface area contributed by atoms with Crippen LogP contribution in [0.5, 0.6) is 0 Å². The molecule has 1 saturated heterocycles. The molecule has 1 atom stereocenters. The number of rotatable bonds is 4. The number of hydrogen-bond acceptors (Lipinski definition) is 4. The number of carbonyl (C=O) groups excluding carboxylic acids is 1. The summed E-state index contributed by atoms with van der Waals surface area (Å²) in [5.74, 6) is -0.312. The van der Waals surface area contributed by atoms with Crippen molar-refractivity contribution in [2.24, 2.45) is 5.14 Å². The average molecular weight is 298 g/mol. The highest BCUT2D eigenvalue weighted by molar-refractivity contribution is 7.89. The van der Waals surface area contributed by atoms with Crippen LogP contribution < -0.4 is 10.5 Å². The van der Waals surface area contributed by atoms with Crippen molar-refractivity contribution in [3.05, 3.63) is 29.3 Å². The highest BCUT2D eigenvalue weighted by atomic mass is 32.2. The summed E-state index contributed by atoms with van der Waals surface area (Å²) in [6, 6.07) is 4.55. The van der Waals surface area contributed by atoms with E-state index in [2.05, 4.69) is 5.32 Å². The number of sulfonamides is 1. The third kappa shape index (κ3) is 3.36. The summed E-state index contributed by atoms with van der Waals surface area (Å²) < 4.78 is 28.3. The van der Waals surface area contributed by atoms with Crippen LogP contribution in [-0.2, 0) is 21.2 Å². The number of aryl methyl sites for hydroxylation is 1. The Hall–Kier alpha value is -1.44. The van der Waals surface area contributed by atoms with Gasteiger partial charge in [0.05, 0.1) is 17.5 Å². The van der Waals surface area contributed by atoms with E-state index >= 15 is 0 Å². The predicted octanol–water partition coefficient (Wildman–Crippen LogP) is 0.415. The molecule has 0 radical (unpaired) electrons. The molecule has 0 aliphatic carbocycles. The van der Waals surface area contributed by atoms with E-state index in [1.165, 1.54) is 6.07 Å². The van der Waals surface area contributed by atoms with Gasteiger partial charge >= 0.3 is 0 Å². The standard InChI is InChI=1S/C13H18N2O4S/c1-2-9-3-4-10(7-12(9)20(14,17)18)13(16)15-11-5-6-19-8-11/h3-4,7,11H,2,5-6,8H2,1H3,(H,15,16)(H2,14,17,18). The Bertz CT molecular complexity index is 607. The van der Waals surface area contributed by atoms with Gasteiger partial charge in [-0.3, -0.25) is 4.79 Å². The molecule has 1 heterocycles. The third-order valence-electron chi connectivity index (χ3n) is 3.28. The number of hydrogen-bond donors (Lipinski definition) is 2. The average Bonchev–Trinajstić information content (AvgIpc) is 2.89. The maximum absolute atomic E-state index is 12.1. The van der Waals surface area contributed by atoms with E-state index in [0.29, 0.717) is 25.2 Å². The van der Waals surface area contributed by atoms with Crippen LogP contribution in [0.1, 0.15) is 29.3 Å². The number of amides is 1. The minimum Gasteiger partial charge on any atom is -0.379 e. The molecular weight excluding hydrogens is 280 g/mol. The van der Waals surface area contributed by atoms with Gasteiger partial charge < -0.3 is 10.1 Å². The van der Waals surface area contributed by atoms with E-state index in [1.807, 2.05) is 6.92 Å². The Morgan fingerprint density at radius 1 is 1.50 bits per heavy atom. The molecule has 0 spiro atoms. The molecule has 6 nitrogen and oxygen atoms in total. The van der Waals surface area contributed by atoms with Crippen molar-refractivity contribution in [3.8, 4) is 0 Å². The lowest BCUT2D eigenvalue weighted by Crippen LogP contribution is -2.35. The van der Waals surface area contributed by atoms with Gasteiger partial charge in [-0.05, 0) is 30.5 Å². The molecule has 1 unspecified atom stereocenters. The number of benzene rings is 1. The molecule has 1 aromatic carbocycles. The minimum absolute atomic E-state index is 0.00956. The zero-order valence-corrected chi connectivity index (χ0v) is 12.1.